The van der Waals surface area contributed by atoms with Crippen molar-refractivity contribution in [2.75, 3.05) is 13.1 Å². The van der Waals surface area contributed by atoms with Crippen LogP contribution in [-0.2, 0) is 19.1 Å². The Balaban J connectivity index is 1.98. The Morgan fingerprint density at radius 1 is 1.31 bits per heavy atom. The van der Waals surface area contributed by atoms with E-state index in [1.165, 1.54) is 4.90 Å². The third kappa shape index (κ3) is 2.21. The number of rotatable bonds is 1. The molecule has 16 heavy (non-hydrogen) atoms. The number of piperazine rings is 1. The van der Waals surface area contributed by atoms with Crippen molar-refractivity contribution in [3.05, 3.63) is 0 Å². The van der Waals surface area contributed by atoms with Gasteiger partial charge in [-0.15, -0.1) is 0 Å². The fraction of sp³-hybridized carbons (Fsp3) is 0.700. The SMILES string of the molecule is CC1CCC(C(=O)N2CC(=O)NC(=O)C2)O1. The molecule has 1 N–H and O–H groups in total. The number of carbonyl (C=O) groups excluding carboxylic acids is 3. The highest BCUT2D eigenvalue weighted by Crippen LogP contribution is 2.21. The van der Waals surface area contributed by atoms with Crippen molar-refractivity contribution in [3.8, 4) is 0 Å². The van der Waals surface area contributed by atoms with Gasteiger partial charge in [0.1, 0.15) is 19.2 Å². The number of amides is 3. The normalized spacial score (nSPS) is 30.4. The Kier molecular flexibility index (Phi) is 2.91. The average molecular weight is 226 g/mol. The van der Waals surface area contributed by atoms with Crippen LogP contribution in [-0.4, -0.2) is 47.9 Å². The fourth-order valence-electron chi connectivity index (χ4n) is 1.98. The predicted octanol–water partition coefficient (Wildman–Crippen LogP) is -0.961. The fourth-order valence-corrected chi connectivity index (χ4v) is 1.98. The molecule has 3 amide bonds. The summed E-state index contributed by atoms with van der Waals surface area (Å²) in [6, 6.07) is 0. The van der Waals surface area contributed by atoms with Crippen LogP contribution in [0.2, 0.25) is 0 Å². The molecule has 0 aliphatic carbocycles. The van der Waals surface area contributed by atoms with E-state index in [1.807, 2.05) is 6.92 Å². The third-order valence-corrected chi connectivity index (χ3v) is 2.77. The summed E-state index contributed by atoms with van der Waals surface area (Å²) < 4.78 is 5.41. The highest BCUT2D eigenvalue weighted by Gasteiger charge is 2.35. The van der Waals surface area contributed by atoms with Crippen LogP contribution >= 0.6 is 0 Å². The van der Waals surface area contributed by atoms with Gasteiger partial charge < -0.3 is 9.64 Å². The minimum absolute atomic E-state index is 0.0567. The highest BCUT2D eigenvalue weighted by atomic mass is 16.5. The Labute approximate surface area is 92.9 Å². The summed E-state index contributed by atoms with van der Waals surface area (Å²) in [5.41, 5.74) is 0. The second-order valence-electron chi connectivity index (χ2n) is 4.18. The van der Waals surface area contributed by atoms with Crippen molar-refractivity contribution in [1.29, 1.82) is 0 Å². The number of imide groups is 1. The number of nitrogens with one attached hydrogen (secondary N) is 1. The molecule has 2 aliphatic heterocycles. The van der Waals surface area contributed by atoms with Gasteiger partial charge in [0.25, 0.3) is 5.91 Å². The molecule has 6 nitrogen and oxygen atoms in total. The van der Waals surface area contributed by atoms with Crippen LogP contribution in [0.25, 0.3) is 0 Å². The maximum Gasteiger partial charge on any atom is 0.252 e. The van der Waals surface area contributed by atoms with Gasteiger partial charge in [-0.3, -0.25) is 19.7 Å². The van der Waals surface area contributed by atoms with Gasteiger partial charge in [-0.25, -0.2) is 0 Å². The number of nitrogens with zero attached hydrogens (tertiary/aromatic N) is 1. The molecule has 2 atom stereocenters. The third-order valence-electron chi connectivity index (χ3n) is 2.77. The molecular weight excluding hydrogens is 212 g/mol. The second kappa shape index (κ2) is 4.21. The van der Waals surface area contributed by atoms with Crippen LogP contribution < -0.4 is 5.32 Å². The summed E-state index contributed by atoms with van der Waals surface area (Å²) in [7, 11) is 0. The van der Waals surface area contributed by atoms with Gasteiger partial charge in [-0.2, -0.15) is 0 Å². The Morgan fingerprint density at radius 3 is 2.44 bits per heavy atom. The summed E-state index contributed by atoms with van der Waals surface area (Å²) in [4.78, 5) is 35.4. The molecule has 0 aromatic carbocycles. The monoisotopic (exact) mass is 226 g/mol. The van der Waals surface area contributed by atoms with Crippen molar-refractivity contribution in [1.82, 2.24) is 10.2 Å². The van der Waals surface area contributed by atoms with E-state index in [0.29, 0.717) is 6.42 Å². The van der Waals surface area contributed by atoms with E-state index in [0.717, 1.165) is 6.42 Å². The van der Waals surface area contributed by atoms with E-state index in [9.17, 15) is 14.4 Å². The molecular formula is C10H14N2O4. The van der Waals surface area contributed by atoms with Crippen LogP contribution in [0.5, 0.6) is 0 Å². The van der Waals surface area contributed by atoms with Crippen molar-refractivity contribution in [3.63, 3.8) is 0 Å². The topological polar surface area (TPSA) is 75.7 Å². The largest absolute Gasteiger partial charge is 0.365 e. The summed E-state index contributed by atoms with van der Waals surface area (Å²) in [5.74, 6) is -1.13. The molecule has 0 aromatic heterocycles. The average Bonchev–Trinajstić information content (AvgIpc) is 2.62. The summed E-state index contributed by atoms with van der Waals surface area (Å²) in [6.07, 6.45) is 1.08. The van der Waals surface area contributed by atoms with Gasteiger partial charge in [0.15, 0.2) is 0 Å². The van der Waals surface area contributed by atoms with Crippen LogP contribution in [0.3, 0.4) is 0 Å². The summed E-state index contributed by atoms with van der Waals surface area (Å²) >= 11 is 0. The first kappa shape index (κ1) is 11.1. The molecule has 0 spiro atoms. The predicted molar refractivity (Wildman–Crippen MR) is 53.3 cm³/mol. The molecule has 0 aromatic rings. The van der Waals surface area contributed by atoms with E-state index in [-0.39, 0.29) is 25.1 Å². The first-order chi connectivity index (χ1) is 7.56. The molecule has 0 bridgehead atoms. The number of ether oxygens (including phenoxy) is 1. The summed E-state index contributed by atoms with van der Waals surface area (Å²) in [6.45, 7) is 1.79. The van der Waals surface area contributed by atoms with E-state index >= 15 is 0 Å². The molecule has 2 rings (SSSR count). The zero-order valence-electron chi connectivity index (χ0n) is 9.06. The van der Waals surface area contributed by atoms with Gasteiger partial charge in [-0.05, 0) is 19.8 Å². The van der Waals surface area contributed by atoms with Crippen LogP contribution in [0.15, 0.2) is 0 Å². The molecule has 2 aliphatic rings. The number of hydrogen-bond donors (Lipinski definition) is 1. The molecule has 2 saturated heterocycles. The Morgan fingerprint density at radius 2 is 1.94 bits per heavy atom. The van der Waals surface area contributed by atoms with E-state index in [4.69, 9.17) is 4.74 Å². The maximum absolute atomic E-state index is 11.9. The standard InChI is InChI=1S/C10H14N2O4/c1-6-2-3-7(16-6)10(15)12-4-8(13)11-9(14)5-12/h6-7H,2-5H2,1H3,(H,11,13,14). The van der Waals surface area contributed by atoms with E-state index < -0.39 is 17.9 Å². The minimum Gasteiger partial charge on any atom is -0.365 e. The first-order valence-electron chi connectivity index (χ1n) is 5.33. The molecule has 88 valence electrons. The Bertz CT molecular complexity index is 326. The van der Waals surface area contributed by atoms with E-state index in [2.05, 4.69) is 5.32 Å². The van der Waals surface area contributed by atoms with Crippen LogP contribution in [0.1, 0.15) is 19.8 Å². The lowest BCUT2D eigenvalue weighted by Crippen LogP contribution is -2.55. The zero-order valence-corrected chi connectivity index (χ0v) is 9.06. The molecule has 0 radical (unpaired) electrons. The number of carbonyl (C=O) groups is 3. The molecule has 0 saturated carbocycles. The molecule has 2 unspecified atom stereocenters. The summed E-state index contributed by atoms with van der Waals surface area (Å²) in [5, 5.41) is 2.15. The zero-order chi connectivity index (χ0) is 11.7. The Hall–Kier alpha value is -1.43. The first-order valence-corrected chi connectivity index (χ1v) is 5.33. The van der Waals surface area contributed by atoms with Crippen molar-refractivity contribution < 1.29 is 19.1 Å². The second-order valence-corrected chi connectivity index (χ2v) is 4.18. The van der Waals surface area contributed by atoms with E-state index in [1.54, 1.807) is 0 Å². The van der Waals surface area contributed by atoms with Gasteiger partial charge in [0.05, 0.1) is 6.10 Å². The number of hydrogen-bond acceptors (Lipinski definition) is 4. The lowest BCUT2D eigenvalue weighted by atomic mass is 10.2. The maximum atomic E-state index is 11.9. The molecule has 2 fully saturated rings. The van der Waals surface area contributed by atoms with Gasteiger partial charge in [0, 0.05) is 0 Å². The lowest BCUT2D eigenvalue weighted by Gasteiger charge is -2.27. The molecule has 2 heterocycles. The molecule has 6 heteroatoms. The van der Waals surface area contributed by atoms with Crippen molar-refractivity contribution >= 4 is 17.7 Å². The van der Waals surface area contributed by atoms with Gasteiger partial charge in [0.2, 0.25) is 11.8 Å². The quantitative estimate of drug-likeness (QED) is 0.584. The van der Waals surface area contributed by atoms with Crippen LogP contribution in [0.4, 0.5) is 0 Å². The lowest BCUT2D eigenvalue weighted by molar-refractivity contribution is -0.151. The van der Waals surface area contributed by atoms with Gasteiger partial charge in [-0.1, -0.05) is 0 Å². The van der Waals surface area contributed by atoms with Crippen molar-refractivity contribution in [2.24, 2.45) is 0 Å². The van der Waals surface area contributed by atoms with Gasteiger partial charge >= 0.3 is 0 Å². The van der Waals surface area contributed by atoms with Crippen molar-refractivity contribution in [2.45, 2.75) is 32.0 Å². The van der Waals surface area contributed by atoms with Crippen LogP contribution in [0, 0.1) is 0 Å². The smallest absolute Gasteiger partial charge is 0.252 e. The minimum atomic E-state index is -0.492. The highest BCUT2D eigenvalue weighted by molar-refractivity contribution is 6.03.